The zero-order valence-corrected chi connectivity index (χ0v) is 15.7. The Bertz CT molecular complexity index is 536. The maximum atomic E-state index is 12.4. The summed E-state index contributed by atoms with van der Waals surface area (Å²) in [5.74, 6) is 2.58. The average molecular weight is 358 g/mol. The number of hydrogen-bond donors (Lipinski definition) is 1. The molecule has 0 radical (unpaired) electrons. The van der Waals surface area contributed by atoms with Gasteiger partial charge in [-0.2, -0.15) is 0 Å². The SMILES string of the molecule is CSc1nnc(SC(C)C(=O)NC(C)C2CC3CCC2C3)s1. The zero-order chi connectivity index (χ0) is 15.7. The minimum Gasteiger partial charge on any atom is -0.352 e. The Kier molecular flexibility index (Phi) is 5.35. The van der Waals surface area contributed by atoms with Crippen molar-refractivity contribution in [3.63, 3.8) is 0 Å². The molecule has 5 atom stereocenters. The summed E-state index contributed by atoms with van der Waals surface area (Å²) in [4.78, 5) is 12.4. The van der Waals surface area contributed by atoms with Crippen molar-refractivity contribution in [3.8, 4) is 0 Å². The van der Waals surface area contributed by atoms with Crippen molar-refractivity contribution in [3.05, 3.63) is 0 Å². The minimum atomic E-state index is -0.122. The Morgan fingerprint density at radius 2 is 2.05 bits per heavy atom. The summed E-state index contributed by atoms with van der Waals surface area (Å²) in [6.07, 6.45) is 7.45. The summed E-state index contributed by atoms with van der Waals surface area (Å²) in [7, 11) is 0. The van der Waals surface area contributed by atoms with Gasteiger partial charge in [0, 0.05) is 6.04 Å². The fraction of sp³-hybridized carbons (Fsp3) is 0.800. The third kappa shape index (κ3) is 3.62. The first kappa shape index (κ1) is 16.6. The first-order chi connectivity index (χ1) is 10.6. The highest BCUT2D eigenvalue weighted by molar-refractivity contribution is 8.03. The number of carbonyl (C=O) groups excluding carboxylic acids is 1. The van der Waals surface area contributed by atoms with Crippen LogP contribution in [-0.4, -0.2) is 33.7 Å². The van der Waals surface area contributed by atoms with Crippen molar-refractivity contribution in [2.75, 3.05) is 6.26 Å². The lowest BCUT2D eigenvalue weighted by Gasteiger charge is -2.29. The number of amides is 1. The second-order valence-corrected chi connectivity index (χ2v) is 10.1. The van der Waals surface area contributed by atoms with E-state index in [4.69, 9.17) is 0 Å². The second kappa shape index (κ2) is 7.09. The van der Waals surface area contributed by atoms with Crippen LogP contribution in [0.3, 0.4) is 0 Å². The smallest absolute Gasteiger partial charge is 0.233 e. The molecule has 1 aromatic heterocycles. The van der Waals surface area contributed by atoms with Crippen LogP contribution >= 0.6 is 34.9 Å². The Balaban J connectivity index is 1.50. The van der Waals surface area contributed by atoms with Crippen LogP contribution in [0.2, 0.25) is 0 Å². The zero-order valence-electron chi connectivity index (χ0n) is 13.2. The molecule has 1 N–H and O–H groups in total. The Labute approximate surface area is 144 Å². The maximum Gasteiger partial charge on any atom is 0.233 e. The second-order valence-electron chi connectivity index (χ2n) is 6.43. The molecule has 2 aliphatic rings. The predicted molar refractivity (Wildman–Crippen MR) is 93.6 cm³/mol. The van der Waals surface area contributed by atoms with E-state index in [1.165, 1.54) is 37.4 Å². The van der Waals surface area contributed by atoms with Crippen molar-refractivity contribution in [1.29, 1.82) is 0 Å². The number of thioether (sulfide) groups is 2. The maximum absolute atomic E-state index is 12.4. The van der Waals surface area contributed by atoms with E-state index < -0.39 is 0 Å². The average Bonchev–Trinajstić information content (AvgIpc) is 3.22. The lowest BCUT2D eigenvalue weighted by atomic mass is 9.84. The van der Waals surface area contributed by atoms with E-state index in [-0.39, 0.29) is 11.2 Å². The lowest BCUT2D eigenvalue weighted by Crippen LogP contribution is -2.43. The molecule has 1 aromatic rings. The largest absolute Gasteiger partial charge is 0.352 e. The Hall–Kier alpha value is -0.270. The molecule has 3 rings (SSSR count). The van der Waals surface area contributed by atoms with Gasteiger partial charge in [0.15, 0.2) is 8.68 Å². The quantitative estimate of drug-likeness (QED) is 0.787. The van der Waals surface area contributed by atoms with Gasteiger partial charge in [0.1, 0.15) is 0 Å². The van der Waals surface area contributed by atoms with Gasteiger partial charge in [-0.05, 0) is 57.1 Å². The normalized spacial score (nSPS) is 29.5. The molecule has 0 spiro atoms. The highest BCUT2D eigenvalue weighted by Crippen LogP contribution is 2.49. The van der Waals surface area contributed by atoms with Crippen LogP contribution in [0.1, 0.15) is 39.5 Å². The number of aromatic nitrogens is 2. The molecular formula is C15H23N3OS3. The predicted octanol–water partition coefficient (Wildman–Crippen LogP) is 3.68. The van der Waals surface area contributed by atoms with Gasteiger partial charge < -0.3 is 5.32 Å². The number of fused-ring (bicyclic) bond motifs is 2. The molecule has 2 saturated carbocycles. The Morgan fingerprint density at radius 3 is 2.64 bits per heavy atom. The lowest BCUT2D eigenvalue weighted by molar-refractivity contribution is -0.121. The molecule has 5 unspecified atom stereocenters. The van der Waals surface area contributed by atoms with Gasteiger partial charge >= 0.3 is 0 Å². The number of rotatable bonds is 6. The molecule has 2 aliphatic carbocycles. The number of carbonyl (C=O) groups is 1. The summed E-state index contributed by atoms with van der Waals surface area (Å²) >= 11 is 4.65. The molecule has 1 heterocycles. The van der Waals surface area contributed by atoms with Gasteiger partial charge in [-0.3, -0.25) is 4.79 Å². The minimum absolute atomic E-state index is 0.122. The van der Waals surface area contributed by atoms with Crippen LogP contribution in [0.25, 0.3) is 0 Å². The fourth-order valence-electron chi connectivity index (χ4n) is 3.89. The summed E-state index contributed by atoms with van der Waals surface area (Å²) in [6, 6.07) is 0.294. The van der Waals surface area contributed by atoms with Gasteiger partial charge in [0.2, 0.25) is 5.91 Å². The van der Waals surface area contributed by atoms with Gasteiger partial charge in [0.25, 0.3) is 0 Å². The molecule has 7 heteroatoms. The first-order valence-electron chi connectivity index (χ1n) is 7.91. The van der Waals surface area contributed by atoms with Crippen LogP contribution < -0.4 is 5.32 Å². The van der Waals surface area contributed by atoms with E-state index in [0.29, 0.717) is 12.0 Å². The van der Waals surface area contributed by atoms with Crippen molar-refractivity contribution < 1.29 is 4.79 Å². The summed E-state index contributed by atoms with van der Waals surface area (Å²) in [5, 5.41) is 11.3. The van der Waals surface area contributed by atoms with E-state index in [1.807, 2.05) is 13.2 Å². The van der Waals surface area contributed by atoms with Gasteiger partial charge in [-0.25, -0.2) is 0 Å². The molecule has 122 valence electrons. The standard InChI is InChI=1S/C15H23N3OS3/c1-8(12-7-10-4-5-11(12)6-10)16-13(19)9(2)21-15-18-17-14(20-3)22-15/h8-12H,4-7H2,1-3H3,(H,16,19). The van der Waals surface area contributed by atoms with Crippen molar-refractivity contribution in [2.45, 2.75) is 59.5 Å². The first-order valence-corrected chi connectivity index (χ1v) is 10.8. The van der Waals surface area contributed by atoms with Crippen LogP contribution in [0.5, 0.6) is 0 Å². The highest BCUT2D eigenvalue weighted by Gasteiger charge is 2.42. The fourth-order valence-corrected chi connectivity index (χ4v) is 6.48. The molecule has 0 aromatic carbocycles. The van der Waals surface area contributed by atoms with Crippen LogP contribution in [0, 0.1) is 17.8 Å². The molecular weight excluding hydrogens is 334 g/mol. The monoisotopic (exact) mass is 357 g/mol. The van der Waals surface area contributed by atoms with Crippen molar-refractivity contribution in [2.24, 2.45) is 17.8 Å². The topological polar surface area (TPSA) is 54.9 Å². The van der Waals surface area contributed by atoms with E-state index >= 15 is 0 Å². The molecule has 2 bridgehead atoms. The van der Waals surface area contributed by atoms with Gasteiger partial charge in [-0.15, -0.1) is 10.2 Å². The molecule has 0 aliphatic heterocycles. The molecule has 0 saturated heterocycles. The molecule has 2 fully saturated rings. The van der Waals surface area contributed by atoms with Crippen LogP contribution in [0.15, 0.2) is 8.68 Å². The molecule has 4 nitrogen and oxygen atoms in total. The number of hydrogen-bond acceptors (Lipinski definition) is 6. The summed E-state index contributed by atoms with van der Waals surface area (Å²) in [6.45, 7) is 4.13. The van der Waals surface area contributed by atoms with Gasteiger partial charge in [-0.1, -0.05) is 41.3 Å². The van der Waals surface area contributed by atoms with Crippen LogP contribution in [0.4, 0.5) is 0 Å². The Morgan fingerprint density at radius 1 is 1.27 bits per heavy atom. The third-order valence-corrected chi connectivity index (χ3v) is 8.10. The molecule has 22 heavy (non-hydrogen) atoms. The van der Waals surface area contributed by atoms with E-state index in [0.717, 1.165) is 20.5 Å². The number of nitrogens with one attached hydrogen (secondary N) is 1. The van der Waals surface area contributed by atoms with Crippen LogP contribution in [-0.2, 0) is 4.79 Å². The van der Waals surface area contributed by atoms with Crippen molar-refractivity contribution >= 4 is 40.8 Å². The summed E-state index contributed by atoms with van der Waals surface area (Å²) in [5.41, 5.74) is 0. The third-order valence-electron chi connectivity index (χ3n) is 5.01. The molecule has 1 amide bonds. The van der Waals surface area contributed by atoms with E-state index in [1.54, 1.807) is 23.1 Å². The van der Waals surface area contributed by atoms with Gasteiger partial charge in [0.05, 0.1) is 5.25 Å². The van der Waals surface area contributed by atoms with E-state index in [9.17, 15) is 4.79 Å². The summed E-state index contributed by atoms with van der Waals surface area (Å²) < 4.78 is 1.82. The number of nitrogens with zero attached hydrogens (tertiary/aromatic N) is 2. The van der Waals surface area contributed by atoms with Crippen molar-refractivity contribution in [1.82, 2.24) is 15.5 Å². The van der Waals surface area contributed by atoms with E-state index in [2.05, 4.69) is 22.4 Å². The highest BCUT2D eigenvalue weighted by atomic mass is 32.2.